The second-order valence-corrected chi connectivity index (χ2v) is 10.9. The van der Waals surface area contributed by atoms with Gasteiger partial charge in [0.25, 0.3) is 0 Å². The summed E-state index contributed by atoms with van der Waals surface area (Å²) in [5, 5.41) is 22.0. The van der Waals surface area contributed by atoms with Crippen LogP contribution in [0.2, 0.25) is 0 Å². The number of aliphatic imine (C=N–C) groups is 2. The van der Waals surface area contributed by atoms with Gasteiger partial charge in [-0.3, -0.25) is 4.99 Å². The number of nitrogens with one attached hydrogen (secondary N) is 1. The molecule has 0 amide bonds. The molecule has 0 radical (unpaired) electrons. The van der Waals surface area contributed by atoms with Gasteiger partial charge in [0.1, 0.15) is 18.2 Å². The molecular formula is C22H32N6O5S. The molecule has 1 aromatic heterocycles. The maximum absolute atomic E-state index is 11.4. The van der Waals surface area contributed by atoms with Gasteiger partial charge in [-0.15, -0.1) is 5.10 Å². The Hall–Kier alpha value is -2.57. The number of aromatic nitrogens is 3. The number of aliphatic hydroxyl groups excluding tert-OH is 1. The monoisotopic (exact) mass is 492 g/mol. The highest BCUT2D eigenvalue weighted by Gasteiger charge is 2.28. The molecule has 1 aliphatic heterocycles. The van der Waals surface area contributed by atoms with E-state index in [0.29, 0.717) is 36.8 Å². The zero-order chi connectivity index (χ0) is 24.1. The molecule has 1 aliphatic carbocycles. The third kappa shape index (κ3) is 6.10. The van der Waals surface area contributed by atoms with E-state index in [-0.39, 0.29) is 24.3 Å². The number of benzene rings is 1. The van der Waals surface area contributed by atoms with Crippen molar-refractivity contribution in [1.29, 1.82) is 0 Å². The van der Waals surface area contributed by atoms with Crippen LogP contribution in [0.15, 0.2) is 28.2 Å². The molecule has 2 heterocycles. The third-order valence-electron chi connectivity index (χ3n) is 6.07. The first-order valence-corrected chi connectivity index (χ1v) is 13.7. The molecule has 1 saturated carbocycles. The fraction of sp³-hybridized carbons (Fsp3) is 0.636. The molecule has 0 spiro atoms. The minimum atomic E-state index is -3.11. The summed E-state index contributed by atoms with van der Waals surface area (Å²) >= 11 is 0. The molecule has 186 valence electrons. The van der Waals surface area contributed by atoms with Gasteiger partial charge in [0, 0.05) is 37.8 Å². The number of hydrogen-bond acceptors (Lipinski definition) is 10. The van der Waals surface area contributed by atoms with Crippen LogP contribution in [0.5, 0.6) is 5.75 Å². The van der Waals surface area contributed by atoms with Gasteiger partial charge >= 0.3 is 0 Å². The lowest BCUT2D eigenvalue weighted by atomic mass is 9.85. The zero-order valence-electron chi connectivity index (χ0n) is 19.6. The van der Waals surface area contributed by atoms with E-state index in [0.717, 1.165) is 37.0 Å². The first kappa shape index (κ1) is 24.6. The van der Waals surface area contributed by atoms with Gasteiger partial charge in [-0.05, 0) is 44.7 Å². The molecule has 0 saturated heterocycles. The predicted molar refractivity (Wildman–Crippen MR) is 129 cm³/mol. The van der Waals surface area contributed by atoms with Crippen LogP contribution >= 0.6 is 0 Å². The number of guanidine groups is 1. The van der Waals surface area contributed by atoms with Gasteiger partial charge in [-0.25, -0.2) is 8.42 Å². The minimum absolute atomic E-state index is 0.0519. The quantitative estimate of drug-likeness (QED) is 0.527. The number of hydrogen-bond donors (Lipinski definition) is 2. The molecule has 0 bridgehead atoms. The highest BCUT2D eigenvalue weighted by atomic mass is 32.2. The lowest BCUT2D eigenvalue weighted by molar-refractivity contribution is -0.138. The molecule has 2 aliphatic rings. The summed E-state index contributed by atoms with van der Waals surface area (Å²) in [7, 11) is -3.11. The van der Waals surface area contributed by atoms with Crippen molar-refractivity contribution in [3.8, 4) is 5.75 Å². The second-order valence-electron chi connectivity index (χ2n) is 8.69. The summed E-state index contributed by atoms with van der Waals surface area (Å²) in [4.78, 5) is 9.23. The zero-order valence-corrected chi connectivity index (χ0v) is 20.4. The summed E-state index contributed by atoms with van der Waals surface area (Å²) in [5.74, 6) is 1.90. The van der Waals surface area contributed by atoms with Crippen LogP contribution in [0.25, 0.3) is 11.0 Å². The van der Waals surface area contributed by atoms with Crippen molar-refractivity contribution in [2.24, 2.45) is 15.9 Å². The highest BCUT2D eigenvalue weighted by molar-refractivity contribution is 7.90. The molecule has 1 unspecified atom stereocenters. The van der Waals surface area contributed by atoms with E-state index in [1.165, 1.54) is 6.26 Å². The van der Waals surface area contributed by atoms with Crippen molar-refractivity contribution in [3.63, 3.8) is 0 Å². The summed E-state index contributed by atoms with van der Waals surface area (Å²) in [6, 6.07) is 5.70. The number of aliphatic hydroxyl groups is 1. The maximum Gasteiger partial charge on any atom is 0.219 e. The average Bonchev–Trinajstić information content (AvgIpc) is 3.24. The van der Waals surface area contributed by atoms with Crippen LogP contribution in [0.1, 0.15) is 39.0 Å². The van der Waals surface area contributed by atoms with Crippen molar-refractivity contribution < 1.29 is 23.0 Å². The summed E-state index contributed by atoms with van der Waals surface area (Å²) < 4.78 is 35.4. The van der Waals surface area contributed by atoms with E-state index in [2.05, 4.69) is 20.6 Å². The van der Waals surface area contributed by atoms with Crippen molar-refractivity contribution >= 4 is 32.7 Å². The number of sulfone groups is 1. The van der Waals surface area contributed by atoms with Gasteiger partial charge < -0.3 is 19.9 Å². The molecule has 11 nitrogen and oxygen atoms in total. The Kier molecular flexibility index (Phi) is 7.79. The fourth-order valence-electron chi connectivity index (χ4n) is 4.27. The molecule has 12 heteroatoms. The Morgan fingerprint density at radius 1 is 1.26 bits per heavy atom. The van der Waals surface area contributed by atoms with E-state index in [1.54, 1.807) is 10.7 Å². The van der Waals surface area contributed by atoms with Crippen LogP contribution < -0.4 is 10.1 Å². The van der Waals surface area contributed by atoms with E-state index in [9.17, 15) is 13.5 Å². The lowest BCUT2D eigenvalue weighted by Crippen LogP contribution is -2.40. The Bertz CT molecular complexity index is 1150. The topological polar surface area (TPSA) is 140 Å². The third-order valence-corrected chi connectivity index (χ3v) is 6.98. The van der Waals surface area contributed by atoms with Crippen LogP contribution in [-0.4, -0.2) is 84.4 Å². The van der Waals surface area contributed by atoms with Gasteiger partial charge in [-0.2, -0.15) is 9.67 Å². The molecule has 2 N–H and O–H groups in total. The Balaban J connectivity index is 1.42. The summed E-state index contributed by atoms with van der Waals surface area (Å²) in [5.41, 5.74) is 1.30. The maximum atomic E-state index is 11.4. The van der Waals surface area contributed by atoms with Crippen molar-refractivity contribution in [2.45, 2.75) is 51.4 Å². The average molecular weight is 493 g/mol. The van der Waals surface area contributed by atoms with Crippen molar-refractivity contribution in [1.82, 2.24) is 20.3 Å². The van der Waals surface area contributed by atoms with Crippen molar-refractivity contribution in [2.75, 3.05) is 31.8 Å². The Labute approximate surface area is 199 Å². The SMILES string of the molecule is CCOC(O)C1CCC(NC2=NCCC(n3nnc4c(OCCS(C)(=O)=O)cccc43)=N2)CC1. The second kappa shape index (κ2) is 10.8. The standard InChI is InChI=1S/C22H32N6O5S/c1-3-32-21(29)15-7-9-16(10-8-15)24-22-23-12-11-19(25-22)28-17-5-4-6-18(20(17)26-27-28)33-13-14-34(2,30)31/h4-6,15-16,21,29H,3,7-14H2,1-2H3,(H,23,24). The molecule has 1 fully saturated rings. The Morgan fingerprint density at radius 3 is 2.79 bits per heavy atom. The van der Waals surface area contributed by atoms with Crippen LogP contribution in [0.3, 0.4) is 0 Å². The first-order valence-electron chi connectivity index (χ1n) is 11.7. The van der Waals surface area contributed by atoms with Crippen LogP contribution in [0, 0.1) is 5.92 Å². The van der Waals surface area contributed by atoms with Crippen LogP contribution in [0.4, 0.5) is 0 Å². The largest absolute Gasteiger partial charge is 0.490 e. The highest BCUT2D eigenvalue weighted by Crippen LogP contribution is 2.28. The van der Waals surface area contributed by atoms with Gasteiger partial charge in [0.2, 0.25) is 5.96 Å². The van der Waals surface area contributed by atoms with E-state index >= 15 is 0 Å². The van der Waals surface area contributed by atoms with Crippen molar-refractivity contribution in [3.05, 3.63) is 18.2 Å². The normalized spacial score (nSPS) is 22.2. The van der Waals surface area contributed by atoms with Gasteiger partial charge in [0.15, 0.2) is 21.6 Å². The molecule has 2 aromatic rings. The number of nitrogens with zero attached hydrogens (tertiary/aromatic N) is 5. The molecule has 1 aromatic carbocycles. The number of fused-ring (bicyclic) bond motifs is 1. The van der Waals surface area contributed by atoms with E-state index in [1.807, 2.05) is 19.1 Å². The van der Waals surface area contributed by atoms with E-state index in [4.69, 9.17) is 14.5 Å². The molecule has 34 heavy (non-hydrogen) atoms. The van der Waals surface area contributed by atoms with Gasteiger partial charge in [-0.1, -0.05) is 11.3 Å². The van der Waals surface area contributed by atoms with E-state index < -0.39 is 16.1 Å². The van der Waals surface area contributed by atoms with Gasteiger partial charge in [0.05, 0.1) is 11.3 Å². The predicted octanol–water partition coefficient (Wildman–Crippen LogP) is 1.36. The lowest BCUT2D eigenvalue weighted by Gasteiger charge is -2.32. The molecular weight excluding hydrogens is 460 g/mol. The first-order chi connectivity index (χ1) is 16.3. The Morgan fingerprint density at radius 2 is 2.06 bits per heavy atom. The number of ether oxygens (including phenoxy) is 2. The van der Waals surface area contributed by atoms with Crippen LogP contribution in [-0.2, 0) is 14.6 Å². The number of rotatable bonds is 8. The minimum Gasteiger partial charge on any atom is -0.490 e. The summed E-state index contributed by atoms with van der Waals surface area (Å²) in [6.45, 7) is 3.04. The molecule has 1 atom stereocenters. The smallest absolute Gasteiger partial charge is 0.219 e. The summed E-state index contributed by atoms with van der Waals surface area (Å²) in [6.07, 6.45) is 4.71. The fourth-order valence-corrected chi connectivity index (χ4v) is 4.66. The molecule has 4 rings (SSSR count).